The number of aryl methyl sites for hydroxylation is 1. The van der Waals surface area contributed by atoms with Crippen LogP contribution in [-0.4, -0.2) is 24.4 Å². The SMILES string of the molecule is Cc1cc(F)c2c(c1)NC(C(=O)NCC1CC3(C1)CC3(F)F)C2. The average Bonchev–Trinajstić information content (AvgIpc) is 2.79. The lowest BCUT2D eigenvalue weighted by Gasteiger charge is -2.36. The summed E-state index contributed by atoms with van der Waals surface area (Å²) >= 11 is 0. The zero-order chi connectivity index (χ0) is 16.4. The molecule has 2 saturated carbocycles. The van der Waals surface area contributed by atoms with Crippen molar-refractivity contribution in [2.75, 3.05) is 11.9 Å². The minimum atomic E-state index is -2.49. The van der Waals surface area contributed by atoms with Crippen molar-refractivity contribution in [3.8, 4) is 0 Å². The number of benzene rings is 1. The molecule has 3 nitrogen and oxygen atoms in total. The first-order valence-corrected chi connectivity index (χ1v) is 8.01. The van der Waals surface area contributed by atoms with Crippen molar-refractivity contribution in [1.82, 2.24) is 5.32 Å². The highest BCUT2D eigenvalue weighted by Gasteiger charge is 2.75. The molecule has 1 heterocycles. The summed E-state index contributed by atoms with van der Waals surface area (Å²) in [6.45, 7) is 2.23. The zero-order valence-corrected chi connectivity index (χ0v) is 12.9. The third-order valence-corrected chi connectivity index (χ3v) is 5.53. The van der Waals surface area contributed by atoms with Gasteiger partial charge in [0, 0.05) is 36.1 Å². The van der Waals surface area contributed by atoms with Crippen LogP contribution in [0.5, 0.6) is 0 Å². The Hall–Kier alpha value is -1.72. The maximum Gasteiger partial charge on any atom is 0.254 e. The third kappa shape index (κ3) is 2.30. The van der Waals surface area contributed by atoms with Crippen LogP contribution in [0.3, 0.4) is 0 Å². The smallest absolute Gasteiger partial charge is 0.254 e. The summed E-state index contributed by atoms with van der Waals surface area (Å²) < 4.78 is 40.2. The van der Waals surface area contributed by atoms with Crippen LogP contribution in [0.1, 0.15) is 30.4 Å². The average molecular weight is 324 g/mol. The molecule has 1 aromatic rings. The predicted octanol–water partition coefficient (Wildman–Crippen LogP) is 3.02. The Morgan fingerprint density at radius 2 is 2.09 bits per heavy atom. The normalized spacial score (nSPS) is 32.9. The molecule has 124 valence electrons. The second-order valence-electron chi connectivity index (χ2n) is 7.35. The van der Waals surface area contributed by atoms with E-state index in [0.29, 0.717) is 37.1 Å². The van der Waals surface area contributed by atoms with Gasteiger partial charge >= 0.3 is 0 Å². The summed E-state index contributed by atoms with van der Waals surface area (Å²) in [6.07, 6.45) is 1.31. The predicted molar refractivity (Wildman–Crippen MR) is 80.0 cm³/mol. The van der Waals surface area contributed by atoms with Crippen molar-refractivity contribution < 1.29 is 18.0 Å². The lowest BCUT2D eigenvalue weighted by molar-refractivity contribution is -0.122. The first-order chi connectivity index (χ1) is 10.8. The molecule has 1 aliphatic heterocycles. The minimum Gasteiger partial charge on any atom is -0.373 e. The number of fused-ring (bicyclic) bond motifs is 1. The van der Waals surface area contributed by atoms with Gasteiger partial charge < -0.3 is 10.6 Å². The van der Waals surface area contributed by atoms with Crippen molar-refractivity contribution >= 4 is 11.6 Å². The number of hydrogen-bond acceptors (Lipinski definition) is 2. The number of amides is 1. The molecule has 4 rings (SSSR count). The number of carbonyl (C=O) groups is 1. The van der Waals surface area contributed by atoms with E-state index in [0.717, 1.165) is 5.56 Å². The molecule has 2 aliphatic carbocycles. The van der Waals surface area contributed by atoms with Crippen LogP contribution in [0.2, 0.25) is 0 Å². The quantitative estimate of drug-likeness (QED) is 0.897. The summed E-state index contributed by atoms with van der Waals surface area (Å²) in [5.41, 5.74) is 1.25. The molecule has 1 amide bonds. The summed E-state index contributed by atoms with van der Waals surface area (Å²) in [6, 6.07) is 2.80. The van der Waals surface area contributed by atoms with Crippen molar-refractivity contribution in [2.24, 2.45) is 11.3 Å². The molecular weight excluding hydrogens is 305 g/mol. The van der Waals surface area contributed by atoms with E-state index in [-0.39, 0.29) is 24.1 Å². The Balaban J connectivity index is 1.29. The monoisotopic (exact) mass is 324 g/mol. The van der Waals surface area contributed by atoms with E-state index in [4.69, 9.17) is 0 Å². The number of halogens is 3. The Kier molecular flexibility index (Phi) is 3.00. The van der Waals surface area contributed by atoms with E-state index in [9.17, 15) is 18.0 Å². The highest BCUT2D eigenvalue weighted by atomic mass is 19.3. The summed E-state index contributed by atoms with van der Waals surface area (Å²) in [5, 5.41) is 5.86. The second-order valence-corrected chi connectivity index (χ2v) is 7.35. The van der Waals surface area contributed by atoms with Crippen LogP contribution in [0, 0.1) is 24.1 Å². The molecule has 2 N–H and O–H groups in total. The fraction of sp³-hybridized carbons (Fsp3) is 0.588. The Morgan fingerprint density at radius 1 is 1.39 bits per heavy atom. The molecule has 23 heavy (non-hydrogen) atoms. The molecule has 0 radical (unpaired) electrons. The minimum absolute atomic E-state index is 0.00254. The fourth-order valence-electron chi connectivity index (χ4n) is 4.09. The largest absolute Gasteiger partial charge is 0.373 e. The topological polar surface area (TPSA) is 41.1 Å². The lowest BCUT2D eigenvalue weighted by Crippen LogP contribution is -2.44. The molecule has 6 heteroatoms. The molecule has 1 unspecified atom stereocenters. The molecule has 2 fully saturated rings. The van der Waals surface area contributed by atoms with E-state index in [1.54, 1.807) is 6.92 Å². The van der Waals surface area contributed by atoms with Gasteiger partial charge in [0.05, 0.1) is 0 Å². The summed E-state index contributed by atoms with van der Waals surface area (Å²) in [5.74, 6) is -2.84. The number of anilines is 1. The highest BCUT2D eigenvalue weighted by molar-refractivity contribution is 5.87. The van der Waals surface area contributed by atoms with Crippen molar-refractivity contribution in [3.05, 3.63) is 29.1 Å². The van der Waals surface area contributed by atoms with Crippen LogP contribution in [-0.2, 0) is 11.2 Å². The van der Waals surface area contributed by atoms with Crippen LogP contribution in [0.25, 0.3) is 0 Å². The summed E-state index contributed by atoms with van der Waals surface area (Å²) in [7, 11) is 0. The number of hydrogen-bond donors (Lipinski definition) is 2. The van der Waals surface area contributed by atoms with Gasteiger partial charge in [0.1, 0.15) is 11.9 Å². The van der Waals surface area contributed by atoms with Crippen molar-refractivity contribution in [2.45, 2.75) is 44.6 Å². The van der Waals surface area contributed by atoms with Crippen molar-refractivity contribution in [3.63, 3.8) is 0 Å². The molecule has 1 spiro atoms. The zero-order valence-electron chi connectivity index (χ0n) is 12.9. The first-order valence-electron chi connectivity index (χ1n) is 8.01. The maximum atomic E-state index is 13.9. The van der Waals surface area contributed by atoms with Gasteiger partial charge in [0.2, 0.25) is 5.91 Å². The molecule has 1 atom stereocenters. The summed E-state index contributed by atoms with van der Waals surface area (Å²) in [4.78, 5) is 12.2. The standard InChI is InChI=1S/C17H19F3N2O/c1-9-2-12(18)11-4-14(22-13(11)3-9)15(23)21-7-10-5-16(6-10)8-17(16,19)20/h2-3,10,14,22H,4-8H2,1H3,(H,21,23). The number of rotatable bonds is 3. The molecule has 0 aromatic heterocycles. The molecular formula is C17H19F3N2O. The van der Waals surface area contributed by atoms with Crippen LogP contribution in [0.4, 0.5) is 18.9 Å². The van der Waals surface area contributed by atoms with Gasteiger partial charge in [0.25, 0.3) is 5.92 Å². The number of carbonyl (C=O) groups excluding carboxylic acids is 1. The van der Waals surface area contributed by atoms with E-state index in [1.807, 2.05) is 6.07 Å². The van der Waals surface area contributed by atoms with E-state index in [1.165, 1.54) is 6.07 Å². The van der Waals surface area contributed by atoms with Crippen LogP contribution < -0.4 is 10.6 Å². The number of alkyl halides is 2. The Bertz CT molecular complexity index is 683. The van der Waals surface area contributed by atoms with Gasteiger partial charge in [-0.2, -0.15) is 0 Å². The first kappa shape index (κ1) is 14.8. The maximum absolute atomic E-state index is 13.9. The Morgan fingerprint density at radius 3 is 2.74 bits per heavy atom. The molecule has 0 saturated heterocycles. The van der Waals surface area contributed by atoms with Gasteiger partial charge in [-0.15, -0.1) is 0 Å². The highest BCUT2D eigenvalue weighted by Crippen LogP contribution is 2.72. The van der Waals surface area contributed by atoms with Crippen LogP contribution >= 0.6 is 0 Å². The van der Waals surface area contributed by atoms with Gasteiger partial charge in [-0.25, -0.2) is 13.2 Å². The van der Waals surface area contributed by atoms with Gasteiger partial charge in [-0.1, -0.05) is 0 Å². The third-order valence-electron chi connectivity index (χ3n) is 5.53. The molecule has 0 bridgehead atoms. The van der Waals surface area contributed by atoms with Gasteiger partial charge in [0.15, 0.2) is 0 Å². The Labute approximate surface area is 132 Å². The molecule has 3 aliphatic rings. The van der Waals surface area contributed by atoms with E-state index >= 15 is 0 Å². The van der Waals surface area contributed by atoms with Gasteiger partial charge in [-0.05, 0) is 43.4 Å². The molecule has 1 aromatic carbocycles. The number of nitrogens with one attached hydrogen (secondary N) is 2. The van der Waals surface area contributed by atoms with E-state index < -0.39 is 17.4 Å². The lowest BCUT2D eigenvalue weighted by atomic mass is 9.71. The fourth-order valence-corrected chi connectivity index (χ4v) is 4.09. The van der Waals surface area contributed by atoms with Crippen molar-refractivity contribution in [1.29, 1.82) is 0 Å². The van der Waals surface area contributed by atoms with Gasteiger partial charge in [-0.3, -0.25) is 4.79 Å². The van der Waals surface area contributed by atoms with E-state index in [2.05, 4.69) is 10.6 Å². The second kappa shape index (κ2) is 4.65. The van der Waals surface area contributed by atoms with Crippen LogP contribution in [0.15, 0.2) is 12.1 Å².